The van der Waals surface area contributed by atoms with E-state index < -0.39 is 10.0 Å². The van der Waals surface area contributed by atoms with Gasteiger partial charge in [0.15, 0.2) is 5.76 Å². The van der Waals surface area contributed by atoms with Crippen LogP contribution in [0.1, 0.15) is 29.0 Å². The van der Waals surface area contributed by atoms with Crippen molar-refractivity contribution in [2.75, 3.05) is 7.05 Å². The summed E-state index contributed by atoms with van der Waals surface area (Å²) in [6.07, 6.45) is 2.93. The molecule has 2 aromatic rings. The zero-order valence-electron chi connectivity index (χ0n) is 13.4. The third-order valence-corrected chi connectivity index (χ3v) is 5.43. The quantitative estimate of drug-likeness (QED) is 0.800. The summed E-state index contributed by atoms with van der Waals surface area (Å²) in [5, 5.41) is 2.72. The Bertz CT molecular complexity index is 810. The summed E-state index contributed by atoms with van der Waals surface area (Å²) < 4.78 is 30.7. The predicted molar refractivity (Wildman–Crippen MR) is 89.1 cm³/mol. The zero-order chi connectivity index (χ0) is 17.2. The highest BCUT2D eigenvalue weighted by molar-refractivity contribution is 7.89. The number of rotatable bonds is 7. The molecule has 1 saturated carbocycles. The van der Waals surface area contributed by atoms with Gasteiger partial charge in [-0.2, -0.15) is 0 Å². The second kappa shape index (κ2) is 6.78. The molecule has 6 nitrogen and oxygen atoms in total. The van der Waals surface area contributed by atoms with Crippen molar-refractivity contribution in [2.45, 2.75) is 30.4 Å². The average molecular weight is 348 g/mol. The first-order valence-corrected chi connectivity index (χ1v) is 9.36. The molecule has 1 heterocycles. The van der Waals surface area contributed by atoms with Crippen molar-refractivity contribution in [1.29, 1.82) is 0 Å². The van der Waals surface area contributed by atoms with Gasteiger partial charge in [-0.1, -0.05) is 30.3 Å². The van der Waals surface area contributed by atoms with Gasteiger partial charge in [0.1, 0.15) is 0 Å². The van der Waals surface area contributed by atoms with E-state index in [1.165, 1.54) is 19.2 Å². The van der Waals surface area contributed by atoms with Gasteiger partial charge in [0.2, 0.25) is 5.09 Å². The first-order valence-electron chi connectivity index (χ1n) is 7.88. The minimum absolute atomic E-state index is 0.00235. The Hall–Kier alpha value is -2.12. The van der Waals surface area contributed by atoms with E-state index in [1.807, 2.05) is 30.3 Å². The van der Waals surface area contributed by atoms with Crippen molar-refractivity contribution in [1.82, 2.24) is 10.0 Å². The van der Waals surface area contributed by atoms with Gasteiger partial charge < -0.3 is 9.73 Å². The normalized spacial score (nSPS) is 15.9. The fourth-order valence-corrected chi connectivity index (χ4v) is 3.28. The summed E-state index contributed by atoms with van der Waals surface area (Å²) in [4.78, 5) is 12.4. The van der Waals surface area contributed by atoms with Crippen LogP contribution in [0.4, 0.5) is 0 Å². The molecule has 0 aliphatic heterocycles. The summed E-state index contributed by atoms with van der Waals surface area (Å²) in [5.74, 6) is 0.0764. The maximum absolute atomic E-state index is 12.4. The van der Waals surface area contributed by atoms with Crippen molar-refractivity contribution in [3.63, 3.8) is 0 Å². The minimum Gasteiger partial charge on any atom is -0.438 e. The fraction of sp³-hybridized carbons (Fsp3) is 0.353. The van der Waals surface area contributed by atoms with E-state index in [0.29, 0.717) is 5.92 Å². The molecular formula is C17H20N2O4S. The number of benzene rings is 1. The number of sulfonamides is 1. The van der Waals surface area contributed by atoms with Crippen molar-refractivity contribution >= 4 is 15.9 Å². The average Bonchev–Trinajstić information content (AvgIpc) is 3.30. The molecule has 0 radical (unpaired) electrons. The molecule has 1 atom stereocenters. The number of furan rings is 1. The van der Waals surface area contributed by atoms with Gasteiger partial charge in [-0.05, 0) is 49.9 Å². The third kappa shape index (κ3) is 3.85. The van der Waals surface area contributed by atoms with E-state index >= 15 is 0 Å². The Morgan fingerprint density at radius 2 is 1.92 bits per heavy atom. The van der Waals surface area contributed by atoms with Gasteiger partial charge in [-0.25, -0.2) is 13.1 Å². The molecular weight excluding hydrogens is 328 g/mol. The number of hydrogen-bond acceptors (Lipinski definition) is 4. The van der Waals surface area contributed by atoms with Crippen LogP contribution in [-0.4, -0.2) is 27.4 Å². The van der Waals surface area contributed by atoms with Gasteiger partial charge >= 0.3 is 0 Å². The van der Waals surface area contributed by atoms with Crippen LogP contribution in [0.3, 0.4) is 0 Å². The first-order chi connectivity index (χ1) is 11.5. The molecule has 0 spiro atoms. The summed E-state index contributed by atoms with van der Waals surface area (Å²) in [5.41, 5.74) is 1.16. The molecule has 1 fully saturated rings. The Balaban J connectivity index is 1.70. The number of carbonyl (C=O) groups excluding carboxylic acids is 1. The molecule has 3 rings (SSSR count). The van der Waals surface area contributed by atoms with Gasteiger partial charge in [-0.15, -0.1) is 0 Å². The van der Waals surface area contributed by atoms with Crippen LogP contribution in [-0.2, 0) is 16.4 Å². The SMILES string of the molecule is CNS(=O)(=O)c1ccc(C(=O)NC(Cc2ccccc2)C2CC2)o1. The van der Waals surface area contributed by atoms with Crippen LogP contribution in [0, 0.1) is 5.92 Å². The van der Waals surface area contributed by atoms with E-state index in [-0.39, 0.29) is 22.8 Å². The van der Waals surface area contributed by atoms with E-state index in [1.54, 1.807) is 0 Å². The van der Waals surface area contributed by atoms with Crippen LogP contribution in [0.15, 0.2) is 52.0 Å². The topological polar surface area (TPSA) is 88.4 Å². The lowest BCUT2D eigenvalue weighted by atomic mass is 10.0. The smallest absolute Gasteiger partial charge is 0.287 e. The van der Waals surface area contributed by atoms with Gasteiger partial charge in [0, 0.05) is 6.04 Å². The van der Waals surface area contributed by atoms with Crippen LogP contribution >= 0.6 is 0 Å². The molecule has 1 amide bonds. The summed E-state index contributed by atoms with van der Waals surface area (Å²) >= 11 is 0. The molecule has 0 saturated heterocycles. The van der Waals surface area contributed by atoms with Gasteiger partial charge in [0.05, 0.1) is 0 Å². The highest BCUT2D eigenvalue weighted by Gasteiger charge is 2.33. The van der Waals surface area contributed by atoms with E-state index in [0.717, 1.165) is 24.8 Å². The van der Waals surface area contributed by atoms with Crippen molar-refractivity contribution < 1.29 is 17.6 Å². The molecule has 7 heteroatoms. The molecule has 1 aromatic heterocycles. The molecule has 24 heavy (non-hydrogen) atoms. The van der Waals surface area contributed by atoms with Gasteiger partial charge in [-0.3, -0.25) is 4.79 Å². The predicted octanol–water partition coefficient (Wildman–Crippen LogP) is 1.94. The summed E-state index contributed by atoms with van der Waals surface area (Å²) in [6.45, 7) is 0. The minimum atomic E-state index is -3.69. The lowest BCUT2D eigenvalue weighted by molar-refractivity contribution is 0.0898. The summed E-state index contributed by atoms with van der Waals surface area (Å²) in [6, 6.07) is 12.7. The molecule has 2 N–H and O–H groups in total. The molecule has 1 aromatic carbocycles. The van der Waals surface area contributed by atoms with Crippen LogP contribution in [0.25, 0.3) is 0 Å². The maximum Gasteiger partial charge on any atom is 0.287 e. The van der Waals surface area contributed by atoms with Crippen molar-refractivity contribution in [3.05, 3.63) is 53.8 Å². The first kappa shape index (κ1) is 16.7. The number of hydrogen-bond donors (Lipinski definition) is 2. The number of amides is 1. The molecule has 1 unspecified atom stereocenters. The second-order valence-corrected chi connectivity index (χ2v) is 7.75. The van der Waals surface area contributed by atoms with Gasteiger partial charge in [0.25, 0.3) is 15.9 Å². The summed E-state index contributed by atoms with van der Waals surface area (Å²) in [7, 11) is -2.40. The lowest BCUT2D eigenvalue weighted by Crippen LogP contribution is -2.38. The van der Waals surface area contributed by atoms with E-state index in [9.17, 15) is 13.2 Å². The Labute approximate surface area is 141 Å². The molecule has 1 aliphatic rings. The van der Waals surface area contributed by atoms with E-state index in [2.05, 4.69) is 10.0 Å². The van der Waals surface area contributed by atoms with Crippen LogP contribution < -0.4 is 10.0 Å². The number of carbonyl (C=O) groups is 1. The Morgan fingerprint density at radius 3 is 2.54 bits per heavy atom. The molecule has 0 bridgehead atoms. The van der Waals surface area contributed by atoms with Crippen LogP contribution in [0.5, 0.6) is 0 Å². The second-order valence-electron chi connectivity index (χ2n) is 5.93. The highest BCUT2D eigenvalue weighted by atomic mass is 32.2. The maximum atomic E-state index is 12.4. The third-order valence-electron chi connectivity index (χ3n) is 4.14. The molecule has 128 valence electrons. The zero-order valence-corrected chi connectivity index (χ0v) is 14.2. The Morgan fingerprint density at radius 1 is 1.21 bits per heavy atom. The molecule has 1 aliphatic carbocycles. The fourth-order valence-electron chi connectivity index (χ4n) is 2.63. The largest absolute Gasteiger partial charge is 0.438 e. The van der Waals surface area contributed by atoms with Crippen LogP contribution in [0.2, 0.25) is 0 Å². The number of nitrogens with one attached hydrogen (secondary N) is 2. The monoisotopic (exact) mass is 348 g/mol. The van der Waals surface area contributed by atoms with E-state index in [4.69, 9.17) is 4.42 Å². The van der Waals surface area contributed by atoms with Crippen molar-refractivity contribution in [3.8, 4) is 0 Å². The standard InChI is InChI=1S/C17H20N2O4S/c1-18-24(21,22)16-10-9-15(23-16)17(20)19-14(13-7-8-13)11-12-5-3-2-4-6-12/h2-6,9-10,13-14,18H,7-8,11H2,1H3,(H,19,20). The Kier molecular flexibility index (Phi) is 4.73. The lowest BCUT2D eigenvalue weighted by Gasteiger charge is -2.17. The highest BCUT2D eigenvalue weighted by Crippen LogP contribution is 2.34. The van der Waals surface area contributed by atoms with Crippen molar-refractivity contribution in [2.24, 2.45) is 5.92 Å².